The standard InChI is InChI=1S/C12H12N2OS2/c1-16-10-4-2-3-9(7-10)8-13-12(15)11-5-6-14-17-11/h2-7H,8H2,1H3,(H,13,15). The lowest BCUT2D eigenvalue weighted by atomic mass is 10.2. The summed E-state index contributed by atoms with van der Waals surface area (Å²) in [6.07, 6.45) is 3.67. The highest BCUT2D eigenvalue weighted by molar-refractivity contribution is 7.98. The molecule has 2 aromatic rings. The van der Waals surface area contributed by atoms with Crippen molar-refractivity contribution in [3.05, 3.63) is 47.0 Å². The van der Waals surface area contributed by atoms with E-state index in [-0.39, 0.29) is 5.91 Å². The number of nitrogens with one attached hydrogen (secondary N) is 1. The van der Waals surface area contributed by atoms with Gasteiger partial charge >= 0.3 is 0 Å². The third-order valence-corrected chi connectivity index (χ3v) is 3.72. The molecule has 0 bridgehead atoms. The van der Waals surface area contributed by atoms with Gasteiger partial charge in [0.2, 0.25) is 0 Å². The summed E-state index contributed by atoms with van der Waals surface area (Å²) in [4.78, 5) is 13.5. The van der Waals surface area contributed by atoms with Gasteiger partial charge in [0.1, 0.15) is 4.88 Å². The number of carbonyl (C=O) groups is 1. The van der Waals surface area contributed by atoms with E-state index in [1.54, 1.807) is 24.0 Å². The fourth-order valence-electron chi connectivity index (χ4n) is 1.38. The van der Waals surface area contributed by atoms with Crippen LogP contribution >= 0.6 is 23.3 Å². The Kier molecular flexibility index (Phi) is 4.17. The minimum Gasteiger partial charge on any atom is -0.347 e. The zero-order chi connectivity index (χ0) is 12.1. The van der Waals surface area contributed by atoms with Crippen LogP contribution in [0.3, 0.4) is 0 Å². The maximum atomic E-state index is 11.7. The summed E-state index contributed by atoms with van der Waals surface area (Å²) in [6.45, 7) is 0.547. The van der Waals surface area contributed by atoms with E-state index < -0.39 is 0 Å². The van der Waals surface area contributed by atoms with Gasteiger partial charge in [-0.05, 0) is 41.6 Å². The first-order chi connectivity index (χ1) is 8.29. The van der Waals surface area contributed by atoms with Crippen molar-refractivity contribution in [1.29, 1.82) is 0 Å². The molecule has 0 atom stereocenters. The molecule has 0 saturated carbocycles. The van der Waals surface area contributed by atoms with E-state index in [1.807, 2.05) is 18.4 Å². The van der Waals surface area contributed by atoms with Crippen molar-refractivity contribution < 1.29 is 4.79 Å². The Bertz CT molecular complexity index is 497. The molecule has 1 aromatic heterocycles. The van der Waals surface area contributed by atoms with Crippen LogP contribution in [0.2, 0.25) is 0 Å². The summed E-state index contributed by atoms with van der Waals surface area (Å²) in [5.74, 6) is -0.0675. The van der Waals surface area contributed by atoms with Crippen LogP contribution in [-0.2, 0) is 6.54 Å². The SMILES string of the molecule is CSc1cccc(CNC(=O)c2ccns2)c1. The largest absolute Gasteiger partial charge is 0.347 e. The van der Waals surface area contributed by atoms with E-state index in [1.165, 1.54) is 16.4 Å². The number of rotatable bonds is 4. The zero-order valence-corrected chi connectivity index (χ0v) is 11.0. The summed E-state index contributed by atoms with van der Waals surface area (Å²) < 4.78 is 3.90. The number of nitrogens with zero attached hydrogens (tertiary/aromatic N) is 1. The first kappa shape index (κ1) is 12.1. The van der Waals surface area contributed by atoms with Crippen LogP contribution in [-0.4, -0.2) is 16.5 Å². The topological polar surface area (TPSA) is 42.0 Å². The molecule has 0 aliphatic rings. The van der Waals surface area contributed by atoms with Crippen molar-refractivity contribution in [2.24, 2.45) is 0 Å². The number of amides is 1. The van der Waals surface area contributed by atoms with E-state index in [0.29, 0.717) is 11.4 Å². The molecule has 88 valence electrons. The number of thioether (sulfide) groups is 1. The Labute approximate surface area is 108 Å². The minimum absolute atomic E-state index is 0.0675. The average Bonchev–Trinajstić information content (AvgIpc) is 2.90. The van der Waals surface area contributed by atoms with Crippen LogP contribution in [0.5, 0.6) is 0 Å². The first-order valence-electron chi connectivity index (χ1n) is 5.11. The lowest BCUT2D eigenvalue weighted by molar-refractivity contribution is 0.0955. The first-order valence-corrected chi connectivity index (χ1v) is 7.11. The molecule has 1 aromatic carbocycles. The van der Waals surface area contributed by atoms with Crippen molar-refractivity contribution in [2.45, 2.75) is 11.4 Å². The van der Waals surface area contributed by atoms with Crippen LogP contribution in [0.4, 0.5) is 0 Å². The molecule has 3 nitrogen and oxygen atoms in total. The fourth-order valence-corrected chi connectivity index (χ4v) is 2.38. The van der Waals surface area contributed by atoms with Gasteiger partial charge < -0.3 is 5.32 Å². The average molecular weight is 264 g/mol. The van der Waals surface area contributed by atoms with Crippen LogP contribution < -0.4 is 5.32 Å². The molecule has 0 radical (unpaired) electrons. The van der Waals surface area contributed by atoms with Gasteiger partial charge in [0.25, 0.3) is 5.91 Å². The van der Waals surface area contributed by atoms with Gasteiger partial charge in [0.05, 0.1) is 0 Å². The van der Waals surface area contributed by atoms with Gasteiger partial charge in [0.15, 0.2) is 0 Å². The van der Waals surface area contributed by atoms with Gasteiger partial charge in [0, 0.05) is 17.6 Å². The highest BCUT2D eigenvalue weighted by Gasteiger charge is 2.06. The van der Waals surface area contributed by atoms with Crippen LogP contribution in [0.25, 0.3) is 0 Å². The van der Waals surface area contributed by atoms with Crippen molar-refractivity contribution in [3.63, 3.8) is 0 Å². The summed E-state index contributed by atoms with van der Waals surface area (Å²) >= 11 is 2.90. The van der Waals surface area contributed by atoms with Gasteiger partial charge in [-0.1, -0.05) is 12.1 Å². The Balaban J connectivity index is 1.95. The monoisotopic (exact) mass is 264 g/mol. The molecule has 2 rings (SSSR count). The smallest absolute Gasteiger partial charge is 0.263 e. The highest BCUT2D eigenvalue weighted by atomic mass is 32.2. The molecule has 0 unspecified atom stereocenters. The van der Waals surface area contributed by atoms with Gasteiger partial charge in [-0.15, -0.1) is 11.8 Å². The van der Waals surface area contributed by atoms with Gasteiger partial charge in [-0.25, -0.2) is 4.37 Å². The number of aromatic nitrogens is 1. The lowest BCUT2D eigenvalue weighted by Crippen LogP contribution is -2.21. The van der Waals surface area contributed by atoms with E-state index in [4.69, 9.17) is 0 Å². The summed E-state index contributed by atoms with van der Waals surface area (Å²) in [5.41, 5.74) is 1.11. The second kappa shape index (κ2) is 5.84. The predicted molar refractivity (Wildman–Crippen MR) is 71.5 cm³/mol. The van der Waals surface area contributed by atoms with E-state index in [0.717, 1.165) is 5.56 Å². The lowest BCUT2D eigenvalue weighted by Gasteiger charge is -2.05. The molecule has 0 fully saturated rings. The molecule has 1 N–H and O–H groups in total. The summed E-state index contributed by atoms with van der Waals surface area (Å²) in [7, 11) is 0. The van der Waals surface area contributed by atoms with E-state index in [2.05, 4.69) is 21.8 Å². The van der Waals surface area contributed by atoms with Crippen molar-refractivity contribution >= 4 is 29.2 Å². The molecule has 0 spiro atoms. The molecular weight excluding hydrogens is 252 g/mol. The summed E-state index contributed by atoms with van der Waals surface area (Å²) in [5, 5.41) is 2.87. The van der Waals surface area contributed by atoms with E-state index in [9.17, 15) is 4.79 Å². The predicted octanol–water partition coefficient (Wildman–Crippen LogP) is 2.80. The van der Waals surface area contributed by atoms with Crippen LogP contribution in [0.1, 0.15) is 15.2 Å². The Hall–Kier alpha value is -1.33. The third-order valence-electron chi connectivity index (χ3n) is 2.25. The molecule has 17 heavy (non-hydrogen) atoms. The van der Waals surface area contributed by atoms with Crippen LogP contribution in [0, 0.1) is 0 Å². The van der Waals surface area contributed by atoms with Crippen molar-refractivity contribution in [2.75, 3.05) is 6.26 Å². The molecule has 0 saturated heterocycles. The zero-order valence-electron chi connectivity index (χ0n) is 9.34. The second-order valence-corrected chi connectivity index (χ2v) is 5.12. The van der Waals surface area contributed by atoms with E-state index >= 15 is 0 Å². The van der Waals surface area contributed by atoms with Gasteiger partial charge in [-0.2, -0.15) is 0 Å². The molecule has 0 aliphatic carbocycles. The molecule has 1 amide bonds. The molecule has 0 aliphatic heterocycles. The third kappa shape index (κ3) is 3.31. The fraction of sp³-hybridized carbons (Fsp3) is 0.167. The molecule has 5 heteroatoms. The second-order valence-electron chi connectivity index (χ2n) is 3.41. The Morgan fingerprint density at radius 2 is 2.35 bits per heavy atom. The summed E-state index contributed by atoms with van der Waals surface area (Å²) in [6, 6.07) is 9.86. The minimum atomic E-state index is -0.0675. The Morgan fingerprint density at radius 3 is 3.06 bits per heavy atom. The quantitative estimate of drug-likeness (QED) is 0.863. The highest BCUT2D eigenvalue weighted by Crippen LogP contribution is 2.15. The normalized spacial score (nSPS) is 10.2. The number of benzene rings is 1. The van der Waals surface area contributed by atoms with Crippen molar-refractivity contribution in [1.82, 2.24) is 9.69 Å². The van der Waals surface area contributed by atoms with Crippen molar-refractivity contribution in [3.8, 4) is 0 Å². The maximum Gasteiger partial charge on any atom is 0.263 e. The van der Waals surface area contributed by atoms with Crippen LogP contribution in [0.15, 0.2) is 41.4 Å². The number of carbonyl (C=O) groups excluding carboxylic acids is 1. The number of hydrogen-bond donors (Lipinski definition) is 1. The maximum absolute atomic E-state index is 11.7. The van der Waals surface area contributed by atoms with Gasteiger partial charge in [-0.3, -0.25) is 4.79 Å². The molecule has 1 heterocycles. The Morgan fingerprint density at radius 1 is 1.47 bits per heavy atom. The molecular formula is C12H12N2OS2. The number of hydrogen-bond acceptors (Lipinski definition) is 4.